The molecular weight excluding hydrogens is 292 g/mol. The van der Waals surface area contributed by atoms with Crippen LogP contribution in [0, 0.1) is 17.0 Å². The van der Waals surface area contributed by atoms with Crippen molar-refractivity contribution in [1.82, 2.24) is 0 Å². The van der Waals surface area contributed by atoms with Crippen LogP contribution in [0.3, 0.4) is 0 Å². The van der Waals surface area contributed by atoms with Gasteiger partial charge in [0.15, 0.2) is 11.6 Å². The molecule has 1 aromatic carbocycles. The highest BCUT2D eigenvalue weighted by Gasteiger charge is 2.34. The van der Waals surface area contributed by atoms with Crippen LogP contribution in [0.2, 0.25) is 0 Å². The highest BCUT2D eigenvalue weighted by molar-refractivity contribution is 9.10. The van der Waals surface area contributed by atoms with Gasteiger partial charge in [0.2, 0.25) is 0 Å². The third-order valence-corrected chi connectivity index (χ3v) is 3.66. The number of nitrogens with two attached hydrogens (primary N) is 1. The fourth-order valence-electron chi connectivity index (χ4n) is 1.43. The number of carbonyl (C=O) groups is 1. The molecule has 0 spiro atoms. The molecule has 1 atom stereocenters. The zero-order valence-electron chi connectivity index (χ0n) is 9.69. The molecule has 0 heterocycles. The minimum absolute atomic E-state index is 0.0493. The van der Waals surface area contributed by atoms with Crippen molar-refractivity contribution in [3.8, 4) is 0 Å². The number of hydrogen-bond acceptors (Lipinski definition) is 2. The van der Waals surface area contributed by atoms with E-state index in [9.17, 15) is 13.6 Å². The first-order valence-electron chi connectivity index (χ1n) is 5.25. The summed E-state index contributed by atoms with van der Waals surface area (Å²) in [6.45, 7) is 3.42. The van der Waals surface area contributed by atoms with E-state index in [1.54, 1.807) is 13.8 Å². The van der Waals surface area contributed by atoms with E-state index in [-0.39, 0.29) is 11.0 Å². The summed E-state index contributed by atoms with van der Waals surface area (Å²) in [6.07, 6.45) is 0.424. The van der Waals surface area contributed by atoms with Crippen molar-refractivity contribution in [3.05, 3.63) is 33.8 Å². The van der Waals surface area contributed by atoms with Gasteiger partial charge in [-0.25, -0.2) is 8.78 Å². The summed E-state index contributed by atoms with van der Waals surface area (Å²) in [4.78, 5) is 12.1. The molecule has 0 bridgehead atoms. The number of carbonyl (C=O) groups excluding carboxylic acids is 1. The van der Waals surface area contributed by atoms with Crippen molar-refractivity contribution < 1.29 is 13.6 Å². The quantitative estimate of drug-likeness (QED) is 0.685. The SMILES string of the molecule is CCC(C)(CN)C(=O)c1c(F)ccc(Br)c1F. The maximum Gasteiger partial charge on any atom is 0.175 e. The Morgan fingerprint density at radius 3 is 2.53 bits per heavy atom. The lowest BCUT2D eigenvalue weighted by molar-refractivity contribution is 0.0810. The summed E-state index contributed by atoms with van der Waals surface area (Å²) in [6, 6.07) is 2.29. The molecule has 0 aliphatic rings. The van der Waals surface area contributed by atoms with E-state index in [2.05, 4.69) is 15.9 Å². The first-order chi connectivity index (χ1) is 7.87. The molecule has 5 heteroatoms. The minimum atomic E-state index is -0.942. The number of Topliss-reactive ketones (excluding diaryl/α,β-unsaturated/α-hetero) is 1. The third-order valence-electron chi connectivity index (χ3n) is 3.05. The van der Waals surface area contributed by atoms with E-state index >= 15 is 0 Å². The van der Waals surface area contributed by atoms with Crippen molar-refractivity contribution in [2.45, 2.75) is 20.3 Å². The molecule has 0 amide bonds. The monoisotopic (exact) mass is 305 g/mol. The van der Waals surface area contributed by atoms with Crippen LogP contribution in [0.4, 0.5) is 8.78 Å². The van der Waals surface area contributed by atoms with Gasteiger partial charge in [0, 0.05) is 12.0 Å². The molecule has 0 saturated heterocycles. The standard InChI is InChI=1S/C12H14BrF2NO/c1-3-12(2,6-16)11(17)9-8(14)5-4-7(13)10(9)15/h4-5H,3,6,16H2,1-2H3. The zero-order valence-corrected chi connectivity index (χ0v) is 11.3. The molecule has 0 fully saturated rings. The van der Waals surface area contributed by atoms with Gasteiger partial charge in [-0.2, -0.15) is 0 Å². The van der Waals surface area contributed by atoms with Crippen LogP contribution in [0.1, 0.15) is 30.6 Å². The molecule has 0 aliphatic heterocycles. The smallest absolute Gasteiger partial charge is 0.175 e. The molecule has 2 N–H and O–H groups in total. The normalized spacial score (nSPS) is 14.5. The van der Waals surface area contributed by atoms with Crippen LogP contribution >= 0.6 is 15.9 Å². The molecule has 0 radical (unpaired) electrons. The summed E-state index contributed by atoms with van der Waals surface area (Å²) in [7, 11) is 0. The van der Waals surface area contributed by atoms with Gasteiger partial charge < -0.3 is 5.73 Å². The summed E-state index contributed by atoms with van der Waals surface area (Å²) in [5, 5.41) is 0. The molecule has 1 unspecified atom stereocenters. The van der Waals surface area contributed by atoms with Gasteiger partial charge in [0.05, 0.1) is 10.0 Å². The Bertz CT molecular complexity index is 444. The molecule has 94 valence electrons. The molecular formula is C12H14BrF2NO. The lowest BCUT2D eigenvalue weighted by Crippen LogP contribution is -2.36. The topological polar surface area (TPSA) is 43.1 Å². The van der Waals surface area contributed by atoms with Gasteiger partial charge in [-0.1, -0.05) is 13.8 Å². The average Bonchev–Trinajstić information content (AvgIpc) is 2.33. The maximum absolute atomic E-state index is 13.8. The molecule has 0 aromatic heterocycles. The highest BCUT2D eigenvalue weighted by Crippen LogP contribution is 2.30. The van der Waals surface area contributed by atoms with E-state index in [4.69, 9.17) is 5.73 Å². The van der Waals surface area contributed by atoms with Gasteiger partial charge in [-0.3, -0.25) is 4.79 Å². The van der Waals surface area contributed by atoms with Gasteiger partial charge in [0.1, 0.15) is 5.82 Å². The third kappa shape index (κ3) is 2.55. The summed E-state index contributed by atoms with van der Waals surface area (Å²) >= 11 is 2.93. The first-order valence-corrected chi connectivity index (χ1v) is 6.05. The molecule has 0 aliphatic carbocycles. The number of hydrogen-bond donors (Lipinski definition) is 1. The zero-order chi connectivity index (χ0) is 13.2. The van der Waals surface area contributed by atoms with Crippen LogP contribution in [-0.4, -0.2) is 12.3 Å². The van der Waals surface area contributed by atoms with Crippen molar-refractivity contribution in [2.75, 3.05) is 6.54 Å². The maximum atomic E-state index is 13.8. The van der Waals surface area contributed by atoms with E-state index < -0.39 is 28.4 Å². The molecule has 2 nitrogen and oxygen atoms in total. The van der Waals surface area contributed by atoms with Crippen LogP contribution in [0.5, 0.6) is 0 Å². The van der Waals surface area contributed by atoms with Crippen LogP contribution in [0.25, 0.3) is 0 Å². The Balaban J connectivity index is 3.35. The van der Waals surface area contributed by atoms with Gasteiger partial charge in [-0.05, 0) is 34.5 Å². The predicted molar refractivity (Wildman–Crippen MR) is 65.8 cm³/mol. The summed E-state index contributed by atoms with van der Waals surface area (Å²) in [5.74, 6) is -2.33. The van der Waals surface area contributed by atoms with Crippen LogP contribution < -0.4 is 5.73 Å². The molecule has 0 saturated carbocycles. The minimum Gasteiger partial charge on any atom is -0.329 e. The summed E-state index contributed by atoms with van der Waals surface area (Å²) in [5.41, 5.74) is 4.06. The second-order valence-corrected chi connectivity index (χ2v) is 5.02. The van der Waals surface area contributed by atoms with Crippen molar-refractivity contribution >= 4 is 21.7 Å². The summed E-state index contributed by atoms with van der Waals surface area (Å²) < 4.78 is 27.4. The predicted octanol–water partition coefficient (Wildman–Crippen LogP) is 3.29. The van der Waals surface area contributed by atoms with Gasteiger partial charge >= 0.3 is 0 Å². The lowest BCUT2D eigenvalue weighted by Gasteiger charge is -2.25. The number of halogens is 3. The highest BCUT2D eigenvalue weighted by atomic mass is 79.9. The Hall–Kier alpha value is -0.810. The second kappa shape index (κ2) is 5.23. The average molecular weight is 306 g/mol. The Labute approximate surface area is 107 Å². The Kier molecular flexibility index (Phi) is 4.38. The number of rotatable bonds is 4. The van der Waals surface area contributed by atoms with Crippen molar-refractivity contribution in [2.24, 2.45) is 11.1 Å². The van der Waals surface area contributed by atoms with E-state index in [1.165, 1.54) is 6.07 Å². The number of ketones is 1. The van der Waals surface area contributed by atoms with Crippen LogP contribution in [0.15, 0.2) is 16.6 Å². The second-order valence-electron chi connectivity index (χ2n) is 4.17. The fourth-order valence-corrected chi connectivity index (χ4v) is 1.76. The molecule has 1 aromatic rings. The largest absolute Gasteiger partial charge is 0.329 e. The van der Waals surface area contributed by atoms with Crippen LogP contribution in [-0.2, 0) is 0 Å². The number of benzene rings is 1. The van der Waals surface area contributed by atoms with Gasteiger partial charge in [-0.15, -0.1) is 0 Å². The van der Waals surface area contributed by atoms with E-state index in [1.807, 2.05) is 0 Å². The Morgan fingerprint density at radius 1 is 1.47 bits per heavy atom. The fraction of sp³-hybridized carbons (Fsp3) is 0.417. The van der Waals surface area contributed by atoms with Crippen molar-refractivity contribution in [3.63, 3.8) is 0 Å². The molecule has 17 heavy (non-hydrogen) atoms. The van der Waals surface area contributed by atoms with E-state index in [0.29, 0.717) is 6.42 Å². The Morgan fingerprint density at radius 2 is 2.06 bits per heavy atom. The lowest BCUT2D eigenvalue weighted by atomic mass is 9.79. The molecule has 1 rings (SSSR count). The van der Waals surface area contributed by atoms with Gasteiger partial charge in [0.25, 0.3) is 0 Å². The van der Waals surface area contributed by atoms with E-state index in [0.717, 1.165) is 6.07 Å². The first kappa shape index (κ1) is 14.3. The van der Waals surface area contributed by atoms with Crippen molar-refractivity contribution in [1.29, 1.82) is 0 Å².